The number of hydrogen-bond acceptors (Lipinski definition) is 3. The van der Waals surface area contributed by atoms with Crippen LogP contribution in [0.15, 0.2) is 24.5 Å². The van der Waals surface area contributed by atoms with Gasteiger partial charge in [0.25, 0.3) is 5.91 Å². The third-order valence-corrected chi connectivity index (χ3v) is 5.16. The fourth-order valence-corrected chi connectivity index (χ4v) is 3.71. The van der Waals surface area contributed by atoms with Gasteiger partial charge in [-0.25, -0.2) is 4.98 Å². The van der Waals surface area contributed by atoms with Gasteiger partial charge >= 0.3 is 0 Å². The highest BCUT2D eigenvalue weighted by molar-refractivity contribution is 5.94. The highest BCUT2D eigenvalue weighted by Crippen LogP contribution is 2.41. The predicted octanol–water partition coefficient (Wildman–Crippen LogP) is 3.25. The number of carbonyl (C=O) groups excluding carboxylic acids is 1. The summed E-state index contributed by atoms with van der Waals surface area (Å²) < 4.78 is 2.39. The molecule has 2 fully saturated rings. The first-order chi connectivity index (χ1) is 11.6. The summed E-state index contributed by atoms with van der Waals surface area (Å²) in [6, 6.07) is 4.13. The molecule has 0 spiro atoms. The zero-order valence-electron chi connectivity index (χ0n) is 14.4. The van der Waals surface area contributed by atoms with Gasteiger partial charge in [0, 0.05) is 42.8 Å². The number of rotatable bonds is 3. The number of piperidine rings is 1. The van der Waals surface area contributed by atoms with Crippen molar-refractivity contribution in [2.24, 2.45) is 0 Å². The standard InChI is InChI=1S/C19H24N4O/c1-13-5-6-16(11-20-13)19(24)22-9-3-4-17(12-22)23-14(2)10-21-18(23)15-7-8-15/h5-6,10-11,15,17H,3-4,7-9,12H2,1-2H3. The van der Waals surface area contributed by atoms with E-state index in [-0.39, 0.29) is 5.91 Å². The molecule has 0 N–H and O–H groups in total. The van der Waals surface area contributed by atoms with Crippen LogP contribution in [0.25, 0.3) is 0 Å². The van der Waals surface area contributed by atoms with Crippen molar-refractivity contribution in [1.82, 2.24) is 19.4 Å². The van der Waals surface area contributed by atoms with Crippen molar-refractivity contribution >= 4 is 5.91 Å². The summed E-state index contributed by atoms with van der Waals surface area (Å²) in [7, 11) is 0. The molecule has 5 heteroatoms. The van der Waals surface area contributed by atoms with Crippen molar-refractivity contribution in [1.29, 1.82) is 0 Å². The van der Waals surface area contributed by atoms with Gasteiger partial charge in [0.2, 0.25) is 0 Å². The molecule has 2 aromatic heterocycles. The SMILES string of the molecule is Cc1ccc(C(=O)N2CCCC(n3c(C)cnc3C3CC3)C2)cn1. The van der Waals surface area contributed by atoms with E-state index >= 15 is 0 Å². The number of pyridine rings is 1. The highest BCUT2D eigenvalue weighted by atomic mass is 16.2. The van der Waals surface area contributed by atoms with Crippen LogP contribution >= 0.6 is 0 Å². The van der Waals surface area contributed by atoms with Crippen LogP contribution in [0, 0.1) is 13.8 Å². The van der Waals surface area contributed by atoms with Gasteiger partial charge in [-0.15, -0.1) is 0 Å². The maximum atomic E-state index is 12.8. The Kier molecular flexibility index (Phi) is 3.87. The summed E-state index contributed by atoms with van der Waals surface area (Å²) >= 11 is 0. The van der Waals surface area contributed by atoms with Gasteiger partial charge in [-0.05, 0) is 51.7 Å². The van der Waals surface area contributed by atoms with Crippen molar-refractivity contribution in [3.63, 3.8) is 0 Å². The topological polar surface area (TPSA) is 51.0 Å². The Morgan fingerprint density at radius 3 is 2.67 bits per heavy atom. The summed E-state index contributed by atoms with van der Waals surface area (Å²) in [4.78, 5) is 23.7. The summed E-state index contributed by atoms with van der Waals surface area (Å²) in [5.74, 6) is 1.95. The van der Waals surface area contributed by atoms with Gasteiger partial charge in [-0.2, -0.15) is 0 Å². The molecule has 24 heavy (non-hydrogen) atoms. The molecular formula is C19H24N4O. The Bertz CT molecular complexity index is 745. The molecule has 2 aromatic rings. The molecule has 0 aromatic carbocycles. The van der Waals surface area contributed by atoms with E-state index in [0.717, 1.165) is 31.6 Å². The number of carbonyl (C=O) groups is 1. The van der Waals surface area contributed by atoms with Crippen LogP contribution in [0.2, 0.25) is 0 Å². The van der Waals surface area contributed by atoms with Crippen LogP contribution in [0.3, 0.4) is 0 Å². The monoisotopic (exact) mass is 324 g/mol. The van der Waals surface area contributed by atoms with Crippen LogP contribution in [0.5, 0.6) is 0 Å². The minimum Gasteiger partial charge on any atom is -0.337 e. The van der Waals surface area contributed by atoms with E-state index in [1.54, 1.807) is 6.20 Å². The second kappa shape index (κ2) is 6.04. The second-order valence-corrected chi connectivity index (χ2v) is 7.14. The van der Waals surface area contributed by atoms with Crippen LogP contribution in [0.1, 0.15) is 65.2 Å². The number of imidazole rings is 1. The van der Waals surface area contributed by atoms with E-state index in [1.165, 1.54) is 24.4 Å². The number of hydrogen-bond donors (Lipinski definition) is 0. The average molecular weight is 324 g/mol. The molecule has 126 valence electrons. The first kappa shape index (κ1) is 15.4. The zero-order chi connectivity index (χ0) is 16.7. The van der Waals surface area contributed by atoms with Crippen LogP contribution in [0.4, 0.5) is 0 Å². The number of likely N-dealkylation sites (tertiary alicyclic amines) is 1. The Morgan fingerprint density at radius 2 is 1.96 bits per heavy atom. The van der Waals surface area contributed by atoms with Crippen molar-refractivity contribution in [3.8, 4) is 0 Å². The highest BCUT2D eigenvalue weighted by Gasteiger charge is 2.33. The first-order valence-electron chi connectivity index (χ1n) is 8.89. The predicted molar refractivity (Wildman–Crippen MR) is 92.1 cm³/mol. The van der Waals surface area contributed by atoms with Crippen molar-refractivity contribution < 1.29 is 4.79 Å². The zero-order valence-corrected chi connectivity index (χ0v) is 14.4. The van der Waals surface area contributed by atoms with E-state index in [9.17, 15) is 4.79 Å². The Hall–Kier alpha value is -2.17. The summed E-state index contributed by atoms with van der Waals surface area (Å²) in [6.07, 6.45) is 8.34. The molecule has 0 bridgehead atoms. The average Bonchev–Trinajstić information content (AvgIpc) is 3.37. The van der Waals surface area contributed by atoms with E-state index in [2.05, 4.69) is 21.5 Å². The lowest BCUT2D eigenvalue weighted by atomic mass is 10.0. The van der Waals surface area contributed by atoms with Crippen LogP contribution in [-0.2, 0) is 0 Å². The molecule has 3 heterocycles. The normalized spacial score (nSPS) is 21.1. The number of aryl methyl sites for hydroxylation is 2. The molecule has 5 nitrogen and oxygen atoms in total. The largest absolute Gasteiger partial charge is 0.337 e. The third kappa shape index (κ3) is 2.83. The first-order valence-corrected chi connectivity index (χ1v) is 8.89. The van der Waals surface area contributed by atoms with Crippen molar-refractivity contribution in [2.75, 3.05) is 13.1 Å². The maximum Gasteiger partial charge on any atom is 0.255 e. The lowest BCUT2D eigenvalue weighted by molar-refractivity contribution is 0.0676. The van der Waals surface area contributed by atoms with Crippen molar-refractivity contribution in [3.05, 3.63) is 47.3 Å². The summed E-state index contributed by atoms with van der Waals surface area (Å²) in [5, 5.41) is 0. The lowest BCUT2D eigenvalue weighted by Gasteiger charge is -2.35. The van der Waals surface area contributed by atoms with Gasteiger partial charge in [0.15, 0.2) is 0 Å². The van der Waals surface area contributed by atoms with Crippen molar-refractivity contribution in [2.45, 2.75) is 51.5 Å². The Morgan fingerprint density at radius 1 is 1.12 bits per heavy atom. The Labute approximate surface area is 142 Å². The van der Waals surface area contributed by atoms with E-state index in [1.807, 2.05) is 30.2 Å². The van der Waals surface area contributed by atoms with Gasteiger partial charge in [0.05, 0.1) is 11.6 Å². The van der Waals surface area contributed by atoms with Gasteiger partial charge in [0.1, 0.15) is 5.82 Å². The van der Waals surface area contributed by atoms with Gasteiger partial charge < -0.3 is 9.47 Å². The number of aromatic nitrogens is 3. The molecule has 1 saturated carbocycles. The van der Waals surface area contributed by atoms with E-state index < -0.39 is 0 Å². The molecule has 1 unspecified atom stereocenters. The van der Waals surface area contributed by atoms with Crippen LogP contribution in [-0.4, -0.2) is 38.4 Å². The third-order valence-electron chi connectivity index (χ3n) is 5.16. The fourth-order valence-electron chi connectivity index (χ4n) is 3.71. The smallest absolute Gasteiger partial charge is 0.255 e. The Balaban J connectivity index is 1.54. The molecule has 4 rings (SSSR count). The molecule has 1 atom stereocenters. The minimum absolute atomic E-state index is 0.0953. The van der Waals surface area contributed by atoms with E-state index in [4.69, 9.17) is 0 Å². The lowest BCUT2D eigenvalue weighted by Crippen LogP contribution is -2.41. The molecule has 0 radical (unpaired) electrons. The quantitative estimate of drug-likeness (QED) is 0.871. The molecule has 1 aliphatic carbocycles. The maximum absolute atomic E-state index is 12.8. The molecule has 2 aliphatic rings. The molecule has 1 saturated heterocycles. The fraction of sp³-hybridized carbons (Fsp3) is 0.526. The summed E-state index contributed by atoms with van der Waals surface area (Å²) in [6.45, 7) is 5.66. The number of nitrogens with zero attached hydrogens (tertiary/aromatic N) is 4. The molecular weight excluding hydrogens is 300 g/mol. The molecule has 1 amide bonds. The minimum atomic E-state index is 0.0953. The summed E-state index contributed by atoms with van der Waals surface area (Å²) in [5.41, 5.74) is 2.84. The number of amides is 1. The van der Waals surface area contributed by atoms with Gasteiger partial charge in [-0.3, -0.25) is 9.78 Å². The second-order valence-electron chi connectivity index (χ2n) is 7.14. The van der Waals surface area contributed by atoms with E-state index in [0.29, 0.717) is 17.5 Å². The van der Waals surface area contributed by atoms with Crippen LogP contribution < -0.4 is 0 Å². The molecule has 1 aliphatic heterocycles. The van der Waals surface area contributed by atoms with Gasteiger partial charge in [-0.1, -0.05) is 0 Å².